The number of carbonyl (C=O) groups is 2. The number of amides is 2. The Morgan fingerprint density at radius 1 is 1.10 bits per heavy atom. The van der Waals surface area contributed by atoms with Gasteiger partial charge < -0.3 is 20.1 Å². The minimum Gasteiger partial charge on any atom is -0.490 e. The average molecular weight is 494 g/mol. The first-order valence-corrected chi connectivity index (χ1v) is 10.5. The van der Waals surface area contributed by atoms with Gasteiger partial charge in [0.2, 0.25) is 0 Å². The number of benzene rings is 2. The number of halogens is 1. The molecule has 0 radical (unpaired) electrons. The predicted octanol–water partition coefficient (Wildman–Crippen LogP) is 3.74. The van der Waals surface area contributed by atoms with E-state index < -0.39 is 0 Å². The van der Waals surface area contributed by atoms with Crippen molar-refractivity contribution in [2.45, 2.75) is 19.9 Å². The third-order valence-corrected chi connectivity index (χ3v) is 4.63. The first-order chi connectivity index (χ1) is 14.3. The molecule has 0 aliphatic carbocycles. The molecule has 2 amide bonds. The van der Waals surface area contributed by atoms with Crippen LogP contribution < -0.4 is 20.7 Å². The Morgan fingerprint density at radius 2 is 1.83 bits per heavy atom. The van der Waals surface area contributed by atoms with E-state index in [2.05, 4.69) is 31.9 Å². The SMILES string of the molecule is COCCOc1ccc(C(=O)NC(=S)Nc2ccccc2C(=O)NC(C)C)cc1Br. The van der Waals surface area contributed by atoms with E-state index in [1.807, 2.05) is 13.8 Å². The number of thiocarbonyl (C=S) groups is 1. The van der Waals surface area contributed by atoms with Gasteiger partial charge in [0.05, 0.1) is 22.3 Å². The number of methoxy groups -OCH3 is 1. The molecule has 7 nitrogen and oxygen atoms in total. The van der Waals surface area contributed by atoms with Crippen molar-refractivity contribution in [3.8, 4) is 5.75 Å². The third kappa shape index (κ3) is 7.08. The number of hydrogen-bond acceptors (Lipinski definition) is 5. The number of carbonyl (C=O) groups excluding carboxylic acids is 2. The zero-order chi connectivity index (χ0) is 22.1. The third-order valence-electron chi connectivity index (χ3n) is 3.81. The van der Waals surface area contributed by atoms with Gasteiger partial charge in [-0.3, -0.25) is 14.9 Å². The Balaban J connectivity index is 2.03. The zero-order valence-corrected chi connectivity index (χ0v) is 19.4. The molecule has 2 rings (SSSR count). The number of ether oxygens (including phenoxy) is 2. The molecule has 0 fully saturated rings. The Morgan fingerprint density at radius 3 is 2.50 bits per heavy atom. The second kappa shape index (κ2) is 11.6. The van der Waals surface area contributed by atoms with Gasteiger partial charge in [-0.05, 0) is 72.3 Å². The van der Waals surface area contributed by atoms with E-state index in [9.17, 15) is 9.59 Å². The van der Waals surface area contributed by atoms with Crippen molar-refractivity contribution in [3.05, 3.63) is 58.1 Å². The van der Waals surface area contributed by atoms with Crippen LogP contribution in [-0.4, -0.2) is 43.3 Å². The number of anilines is 1. The van der Waals surface area contributed by atoms with Crippen molar-refractivity contribution in [1.29, 1.82) is 0 Å². The Kier molecular flexibility index (Phi) is 9.22. The van der Waals surface area contributed by atoms with Crippen LogP contribution in [0.5, 0.6) is 5.75 Å². The molecule has 0 bridgehead atoms. The van der Waals surface area contributed by atoms with Gasteiger partial charge in [-0.25, -0.2) is 0 Å². The van der Waals surface area contributed by atoms with Crippen molar-refractivity contribution in [2.75, 3.05) is 25.6 Å². The second-order valence-electron chi connectivity index (χ2n) is 6.57. The minimum absolute atomic E-state index is 0.00268. The summed E-state index contributed by atoms with van der Waals surface area (Å²) in [5.74, 6) is -0.00892. The summed E-state index contributed by atoms with van der Waals surface area (Å²) in [5.41, 5.74) is 1.34. The molecule has 2 aromatic carbocycles. The normalized spacial score (nSPS) is 10.4. The number of rotatable bonds is 8. The summed E-state index contributed by atoms with van der Waals surface area (Å²) in [4.78, 5) is 24.9. The summed E-state index contributed by atoms with van der Waals surface area (Å²) in [7, 11) is 1.60. The maximum absolute atomic E-state index is 12.5. The molecule has 0 aliphatic heterocycles. The van der Waals surface area contributed by atoms with Gasteiger partial charge in [0.15, 0.2) is 5.11 Å². The van der Waals surface area contributed by atoms with Gasteiger partial charge >= 0.3 is 0 Å². The zero-order valence-electron chi connectivity index (χ0n) is 17.0. The summed E-state index contributed by atoms with van der Waals surface area (Å²) in [5, 5.41) is 8.45. The van der Waals surface area contributed by atoms with Crippen LogP contribution >= 0.6 is 28.1 Å². The molecular formula is C21H24BrN3O4S. The molecule has 30 heavy (non-hydrogen) atoms. The van der Waals surface area contributed by atoms with Gasteiger partial charge in [-0.15, -0.1) is 0 Å². The Labute approximate surface area is 189 Å². The quantitative estimate of drug-likeness (QED) is 0.383. The van der Waals surface area contributed by atoms with Crippen molar-refractivity contribution < 1.29 is 19.1 Å². The summed E-state index contributed by atoms with van der Waals surface area (Å²) in [6, 6.07) is 11.9. The lowest BCUT2D eigenvalue weighted by Crippen LogP contribution is -2.35. The van der Waals surface area contributed by atoms with Crippen LogP contribution in [0.4, 0.5) is 5.69 Å². The molecule has 0 unspecified atom stereocenters. The van der Waals surface area contributed by atoms with Crippen molar-refractivity contribution in [3.63, 3.8) is 0 Å². The number of hydrogen-bond donors (Lipinski definition) is 3. The second-order valence-corrected chi connectivity index (χ2v) is 7.83. The summed E-state index contributed by atoms with van der Waals surface area (Å²) in [6.45, 7) is 4.62. The van der Waals surface area contributed by atoms with Crippen LogP contribution in [0.1, 0.15) is 34.6 Å². The van der Waals surface area contributed by atoms with E-state index in [1.165, 1.54) is 0 Å². The predicted molar refractivity (Wildman–Crippen MR) is 124 cm³/mol. The topological polar surface area (TPSA) is 88.7 Å². The maximum atomic E-state index is 12.5. The molecule has 0 atom stereocenters. The molecule has 3 N–H and O–H groups in total. The monoisotopic (exact) mass is 493 g/mol. The van der Waals surface area contributed by atoms with E-state index >= 15 is 0 Å². The van der Waals surface area contributed by atoms with E-state index in [0.29, 0.717) is 40.3 Å². The fraction of sp³-hybridized carbons (Fsp3) is 0.286. The van der Waals surface area contributed by atoms with Crippen molar-refractivity contribution >= 4 is 50.8 Å². The van der Waals surface area contributed by atoms with Gasteiger partial charge in [-0.1, -0.05) is 12.1 Å². The van der Waals surface area contributed by atoms with Crippen molar-refractivity contribution in [1.82, 2.24) is 10.6 Å². The summed E-state index contributed by atoms with van der Waals surface area (Å²) < 4.78 is 11.1. The number of para-hydroxylation sites is 1. The molecule has 2 aromatic rings. The van der Waals surface area contributed by atoms with Crippen LogP contribution in [-0.2, 0) is 4.74 Å². The highest BCUT2D eigenvalue weighted by molar-refractivity contribution is 9.10. The first kappa shape index (κ1) is 23.8. The van der Waals surface area contributed by atoms with Crippen LogP contribution in [0, 0.1) is 0 Å². The van der Waals surface area contributed by atoms with E-state index in [1.54, 1.807) is 49.6 Å². The molecule has 9 heteroatoms. The lowest BCUT2D eigenvalue weighted by molar-refractivity contribution is 0.0942. The fourth-order valence-corrected chi connectivity index (χ4v) is 3.15. The first-order valence-electron chi connectivity index (χ1n) is 9.25. The fourth-order valence-electron chi connectivity index (χ4n) is 2.45. The van der Waals surface area contributed by atoms with E-state index in [0.717, 1.165) is 0 Å². The highest BCUT2D eigenvalue weighted by Gasteiger charge is 2.15. The van der Waals surface area contributed by atoms with Gasteiger partial charge in [0.25, 0.3) is 11.8 Å². The number of nitrogens with one attached hydrogen (secondary N) is 3. The van der Waals surface area contributed by atoms with E-state index in [-0.39, 0.29) is 23.0 Å². The van der Waals surface area contributed by atoms with Gasteiger partial charge in [0.1, 0.15) is 12.4 Å². The van der Waals surface area contributed by atoms with Crippen LogP contribution in [0.3, 0.4) is 0 Å². The van der Waals surface area contributed by atoms with Gasteiger partial charge in [0, 0.05) is 18.7 Å². The van der Waals surface area contributed by atoms with Gasteiger partial charge in [-0.2, -0.15) is 0 Å². The molecule has 0 saturated carbocycles. The van der Waals surface area contributed by atoms with Crippen molar-refractivity contribution in [2.24, 2.45) is 0 Å². The average Bonchev–Trinajstić information content (AvgIpc) is 2.69. The molecule has 0 aliphatic rings. The van der Waals surface area contributed by atoms with Crippen LogP contribution in [0.15, 0.2) is 46.9 Å². The molecule has 0 spiro atoms. The Hall–Kier alpha value is -2.49. The van der Waals surface area contributed by atoms with Crippen LogP contribution in [0.25, 0.3) is 0 Å². The lowest BCUT2D eigenvalue weighted by atomic mass is 10.1. The minimum atomic E-state index is -0.388. The highest BCUT2D eigenvalue weighted by atomic mass is 79.9. The molecular weight excluding hydrogens is 470 g/mol. The Bertz CT molecular complexity index is 921. The largest absolute Gasteiger partial charge is 0.490 e. The highest BCUT2D eigenvalue weighted by Crippen LogP contribution is 2.26. The van der Waals surface area contributed by atoms with E-state index in [4.69, 9.17) is 21.7 Å². The maximum Gasteiger partial charge on any atom is 0.257 e. The summed E-state index contributed by atoms with van der Waals surface area (Å²) in [6.07, 6.45) is 0. The summed E-state index contributed by atoms with van der Waals surface area (Å²) >= 11 is 8.64. The van der Waals surface area contributed by atoms with Crippen LogP contribution in [0.2, 0.25) is 0 Å². The molecule has 0 heterocycles. The molecule has 160 valence electrons. The standard InChI is InChI=1S/C21H24BrN3O4S/c1-13(2)23-20(27)15-6-4-5-7-17(15)24-21(30)25-19(26)14-8-9-18(16(22)12-14)29-11-10-28-3/h4-9,12-13H,10-11H2,1-3H3,(H,23,27)(H2,24,25,26,30). The molecule has 0 aromatic heterocycles. The lowest BCUT2D eigenvalue weighted by Gasteiger charge is -2.15. The smallest absolute Gasteiger partial charge is 0.257 e. The molecule has 0 saturated heterocycles.